The molecule has 2 aromatic heterocycles. The predicted molar refractivity (Wildman–Crippen MR) is 105 cm³/mol. The summed E-state index contributed by atoms with van der Waals surface area (Å²) in [6.07, 6.45) is -1.48. The summed E-state index contributed by atoms with van der Waals surface area (Å²) in [6, 6.07) is 7.45. The van der Waals surface area contributed by atoms with Crippen LogP contribution >= 0.6 is 11.3 Å². The molecule has 142 valence electrons. The number of esters is 1. The minimum Gasteiger partial charge on any atom is -0.479 e. The number of benzene rings is 1. The van der Waals surface area contributed by atoms with E-state index in [9.17, 15) is 9.59 Å². The molecule has 0 saturated heterocycles. The number of fused-ring (bicyclic) bond motifs is 1. The number of ether oxygens (including phenoxy) is 2. The number of H-pyrrole nitrogens is 1. The highest BCUT2D eigenvalue weighted by atomic mass is 32.1. The maximum Gasteiger partial charge on any atom is 0.347 e. The Morgan fingerprint density at radius 1 is 1.22 bits per heavy atom. The van der Waals surface area contributed by atoms with E-state index in [1.54, 1.807) is 19.9 Å². The molecule has 0 bridgehead atoms. The van der Waals surface area contributed by atoms with E-state index >= 15 is 0 Å². The van der Waals surface area contributed by atoms with Gasteiger partial charge in [0.1, 0.15) is 10.6 Å². The zero-order chi connectivity index (χ0) is 19.7. The van der Waals surface area contributed by atoms with Gasteiger partial charge in [0, 0.05) is 4.88 Å². The van der Waals surface area contributed by atoms with Crippen molar-refractivity contribution in [1.29, 1.82) is 0 Å². The number of carbonyl (C=O) groups is 1. The number of nitrogens with zero attached hydrogens (tertiary/aromatic N) is 1. The van der Waals surface area contributed by atoms with E-state index in [4.69, 9.17) is 9.47 Å². The number of aromatic amines is 1. The Bertz CT molecular complexity index is 1050. The number of rotatable bonds is 5. The summed E-state index contributed by atoms with van der Waals surface area (Å²) in [7, 11) is 0. The van der Waals surface area contributed by atoms with Gasteiger partial charge in [0.15, 0.2) is 18.0 Å². The first-order chi connectivity index (χ1) is 12.8. The molecule has 0 radical (unpaired) electrons. The van der Waals surface area contributed by atoms with Gasteiger partial charge in [-0.25, -0.2) is 9.78 Å². The van der Waals surface area contributed by atoms with Crippen LogP contribution in [0.15, 0.2) is 29.1 Å². The van der Waals surface area contributed by atoms with Gasteiger partial charge < -0.3 is 14.5 Å². The Morgan fingerprint density at radius 3 is 2.67 bits per heavy atom. The topological polar surface area (TPSA) is 81.3 Å². The zero-order valence-corrected chi connectivity index (χ0v) is 16.8. The van der Waals surface area contributed by atoms with Crippen molar-refractivity contribution in [2.45, 2.75) is 46.8 Å². The van der Waals surface area contributed by atoms with Crippen LogP contribution in [-0.2, 0) is 9.53 Å². The van der Waals surface area contributed by atoms with Crippen LogP contribution in [0.4, 0.5) is 0 Å². The number of aryl methyl sites for hydroxylation is 3. The highest BCUT2D eigenvalue weighted by molar-refractivity contribution is 7.18. The second kappa shape index (κ2) is 7.52. The maximum absolute atomic E-state index is 12.4. The zero-order valence-electron chi connectivity index (χ0n) is 16.0. The third kappa shape index (κ3) is 4.03. The van der Waals surface area contributed by atoms with Gasteiger partial charge in [0.25, 0.3) is 5.56 Å². The molecule has 0 unspecified atom stereocenters. The molecule has 0 aliphatic heterocycles. The Morgan fingerprint density at radius 2 is 1.96 bits per heavy atom. The number of hydrogen-bond acceptors (Lipinski definition) is 6. The lowest BCUT2D eigenvalue weighted by Gasteiger charge is -2.17. The van der Waals surface area contributed by atoms with Crippen molar-refractivity contribution >= 4 is 27.5 Å². The molecular formula is C20H22N2O4S. The number of nitrogens with one attached hydrogen (secondary N) is 1. The lowest BCUT2D eigenvalue weighted by atomic mass is 10.2. The summed E-state index contributed by atoms with van der Waals surface area (Å²) in [5.74, 6) is 0.403. The van der Waals surface area contributed by atoms with Gasteiger partial charge in [-0.05, 0) is 57.9 Å². The molecular weight excluding hydrogens is 364 g/mol. The summed E-state index contributed by atoms with van der Waals surface area (Å²) < 4.78 is 11.1. The van der Waals surface area contributed by atoms with Gasteiger partial charge in [-0.3, -0.25) is 4.79 Å². The van der Waals surface area contributed by atoms with Crippen molar-refractivity contribution < 1.29 is 14.3 Å². The lowest BCUT2D eigenvalue weighted by molar-refractivity contribution is -0.156. The second-order valence-corrected chi connectivity index (χ2v) is 7.77. The number of aromatic nitrogens is 2. The molecule has 3 aromatic rings. The summed E-state index contributed by atoms with van der Waals surface area (Å²) in [6.45, 7) is 9.11. The van der Waals surface area contributed by atoms with E-state index in [-0.39, 0.29) is 5.56 Å². The average molecular weight is 386 g/mol. The third-order valence-corrected chi connectivity index (χ3v) is 5.47. The number of carbonyl (C=O) groups excluding carboxylic acids is 1. The van der Waals surface area contributed by atoms with Gasteiger partial charge in [-0.15, -0.1) is 11.3 Å². The largest absolute Gasteiger partial charge is 0.479 e. The summed E-state index contributed by atoms with van der Waals surface area (Å²) in [5, 5.41) is 0.593. The molecule has 0 spiro atoms. The Balaban J connectivity index is 1.74. The van der Waals surface area contributed by atoms with Crippen LogP contribution < -0.4 is 10.3 Å². The van der Waals surface area contributed by atoms with E-state index in [1.807, 2.05) is 39.0 Å². The molecule has 3 rings (SSSR count). The fourth-order valence-corrected chi connectivity index (χ4v) is 3.77. The van der Waals surface area contributed by atoms with Crippen LogP contribution in [0.2, 0.25) is 0 Å². The monoisotopic (exact) mass is 386 g/mol. The van der Waals surface area contributed by atoms with Crippen LogP contribution in [0.1, 0.15) is 41.8 Å². The van der Waals surface area contributed by atoms with Crippen LogP contribution in [0.3, 0.4) is 0 Å². The van der Waals surface area contributed by atoms with Gasteiger partial charge in [0.2, 0.25) is 0 Å². The maximum atomic E-state index is 12.4. The van der Waals surface area contributed by atoms with E-state index in [1.165, 1.54) is 11.3 Å². The van der Waals surface area contributed by atoms with Gasteiger partial charge in [-0.2, -0.15) is 0 Å². The first-order valence-electron chi connectivity index (χ1n) is 8.70. The summed E-state index contributed by atoms with van der Waals surface area (Å²) in [4.78, 5) is 33.6. The fraction of sp³-hybridized carbons (Fsp3) is 0.350. The standard InChI is InChI=1S/C20H22N2O4S/c1-10-7-6-8-15(9-10)25-13(4)20(24)26-12(3)17-21-18(23)16-11(2)14(5)27-19(16)22-17/h6-9,12-13H,1-5H3,(H,21,22,23)/t12-,13+/m1/s1. The van der Waals surface area contributed by atoms with Crippen molar-refractivity contribution in [2.24, 2.45) is 0 Å². The van der Waals surface area contributed by atoms with Gasteiger partial charge in [-0.1, -0.05) is 12.1 Å². The quantitative estimate of drug-likeness (QED) is 0.671. The van der Waals surface area contributed by atoms with E-state index in [0.29, 0.717) is 21.8 Å². The lowest BCUT2D eigenvalue weighted by Crippen LogP contribution is -2.28. The fourth-order valence-electron chi connectivity index (χ4n) is 2.73. The highest BCUT2D eigenvalue weighted by Crippen LogP contribution is 2.27. The van der Waals surface area contributed by atoms with E-state index in [2.05, 4.69) is 9.97 Å². The molecule has 0 saturated carbocycles. The van der Waals surface area contributed by atoms with Crippen molar-refractivity contribution in [3.63, 3.8) is 0 Å². The summed E-state index contributed by atoms with van der Waals surface area (Å²) >= 11 is 1.46. The SMILES string of the molecule is Cc1cccc(O[C@@H](C)C(=O)O[C@H](C)c2nc3sc(C)c(C)c3c(=O)[nH]2)c1. The molecule has 0 amide bonds. The van der Waals surface area contributed by atoms with Gasteiger partial charge >= 0.3 is 5.97 Å². The van der Waals surface area contributed by atoms with E-state index in [0.717, 1.165) is 16.0 Å². The predicted octanol–water partition coefficient (Wildman–Crippen LogP) is 3.98. The second-order valence-electron chi connectivity index (χ2n) is 6.57. The minimum absolute atomic E-state index is 0.219. The molecule has 2 atom stereocenters. The molecule has 6 nitrogen and oxygen atoms in total. The first-order valence-corrected chi connectivity index (χ1v) is 9.51. The summed E-state index contributed by atoms with van der Waals surface area (Å²) in [5.41, 5.74) is 1.75. The number of thiophene rings is 1. The minimum atomic E-state index is -0.782. The van der Waals surface area contributed by atoms with Gasteiger partial charge in [0.05, 0.1) is 5.39 Å². The first kappa shape index (κ1) is 19.1. The normalized spacial score (nSPS) is 13.4. The van der Waals surface area contributed by atoms with Crippen LogP contribution in [0.25, 0.3) is 10.2 Å². The van der Waals surface area contributed by atoms with Crippen molar-refractivity contribution in [2.75, 3.05) is 0 Å². The average Bonchev–Trinajstić information content (AvgIpc) is 2.89. The Kier molecular flexibility index (Phi) is 5.32. The molecule has 1 aromatic carbocycles. The van der Waals surface area contributed by atoms with Crippen molar-refractivity contribution in [3.05, 3.63) is 56.4 Å². The molecule has 0 fully saturated rings. The molecule has 0 aliphatic carbocycles. The highest BCUT2D eigenvalue weighted by Gasteiger charge is 2.22. The van der Waals surface area contributed by atoms with E-state index < -0.39 is 18.2 Å². The molecule has 2 heterocycles. The molecule has 27 heavy (non-hydrogen) atoms. The number of hydrogen-bond donors (Lipinski definition) is 1. The van der Waals surface area contributed by atoms with Crippen LogP contribution in [0.5, 0.6) is 5.75 Å². The molecule has 0 aliphatic rings. The third-order valence-electron chi connectivity index (χ3n) is 4.37. The Hall–Kier alpha value is -2.67. The smallest absolute Gasteiger partial charge is 0.347 e. The van der Waals surface area contributed by atoms with Crippen LogP contribution in [-0.4, -0.2) is 22.0 Å². The van der Waals surface area contributed by atoms with Crippen LogP contribution in [0, 0.1) is 20.8 Å². The molecule has 7 heteroatoms. The van der Waals surface area contributed by atoms with Crippen molar-refractivity contribution in [3.8, 4) is 5.75 Å². The van der Waals surface area contributed by atoms with Crippen molar-refractivity contribution in [1.82, 2.24) is 9.97 Å². The Labute approximate surface area is 161 Å². The molecule has 1 N–H and O–H groups in total.